The molecule has 0 unspecified atom stereocenters. The number of rotatable bonds is 7. The van der Waals surface area contributed by atoms with Crippen LogP contribution in [0.25, 0.3) is 11.0 Å². The third-order valence-electron chi connectivity index (χ3n) is 4.57. The number of fused-ring (bicyclic) bond motifs is 1. The minimum Gasteiger partial charge on any atom is -0.352 e. The number of carbonyl (C=O) groups is 1. The Bertz CT molecular complexity index is 1100. The van der Waals surface area contributed by atoms with Gasteiger partial charge >= 0.3 is 0 Å². The first-order valence-corrected chi connectivity index (χ1v) is 9.52. The number of imidazole rings is 1. The van der Waals surface area contributed by atoms with Crippen molar-refractivity contribution in [1.82, 2.24) is 24.6 Å². The van der Waals surface area contributed by atoms with Crippen LogP contribution in [0.5, 0.6) is 0 Å². The summed E-state index contributed by atoms with van der Waals surface area (Å²) in [6.07, 6.45) is 5.97. The summed E-state index contributed by atoms with van der Waals surface area (Å²) < 4.78 is 3.82. The van der Waals surface area contributed by atoms with Gasteiger partial charge in [0.25, 0.3) is 5.91 Å². The lowest BCUT2D eigenvalue weighted by Crippen LogP contribution is -2.24. The largest absolute Gasteiger partial charge is 0.352 e. The lowest BCUT2D eigenvalue weighted by molar-refractivity contribution is 0.0952. The zero-order valence-electron chi connectivity index (χ0n) is 15.3. The van der Waals surface area contributed by atoms with E-state index in [1.165, 1.54) is 0 Å². The molecule has 0 saturated heterocycles. The van der Waals surface area contributed by atoms with Crippen molar-refractivity contribution in [2.45, 2.75) is 19.5 Å². The van der Waals surface area contributed by atoms with Crippen LogP contribution in [0.2, 0.25) is 5.02 Å². The van der Waals surface area contributed by atoms with E-state index in [1.807, 2.05) is 54.9 Å². The van der Waals surface area contributed by atoms with Gasteiger partial charge in [-0.05, 0) is 30.2 Å². The van der Waals surface area contributed by atoms with E-state index >= 15 is 0 Å². The van der Waals surface area contributed by atoms with Gasteiger partial charge in [-0.1, -0.05) is 41.9 Å². The van der Waals surface area contributed by atoms with Crippen molar-refractivity contribution in [3.63, 3.8) is 0 Å². The quantitative estimate of drug-likeness (QED) is 0.486. The van der Waals surface area contributed by atoms with Gasteiger partial charge in [-0.25, -0.2) is 4.98 Å². The standard InChI is InChI=1S/C21H20ClN5O/c22-18-7-2-1-6-16(18)13-27-14-17(12-25-27)21(28)23-10-5-11-26-15-24-19-8-3-4-9-20(19)26/h1-4,6-9,12,14-15H,5,10-11,13H2,(H,23,28). The molecule has 0 aliphatic rings. The lowest BCUT2D eigenvalue weighted by atomic mass is 10.2. The Balaban J connectivity index is 1.28. The van der Waals surface area contributed by atoms with Gasteiger partial charge in [-0.2, -0.15) is 5.10 Å². The number of hydrogen-bond acceptors (Lipinski definition) is 3. The first kappa shape index (κ1) is 18.3. The Kier molecular flexibility index (Phi) is 5.39. The van der Waals surface area contributed by atoms with Gasteiger partial charge in [0.1, 0.15) is 0 Å². The molecule has 0 aliphatic carbocycles. The van der Waals surface area contributed by atoms with Crippen molar-refractivity contribution in [3.8, 4) is 0 Å². The summed E-state index contributed by atoms with van der Waals surface area (Å²) in [6, 6.07) is 15.6. The molecular weight excluding hydrogens is 374 g/mol. The number of halogens is 1. The van der Waals surface area contributed by atoms with Crippen molar-refractivity contribution in [1.29, 1.82) is 0 Å². The van der Waals surface area contributed by atoms with Crippen molar-refractivity contribution in [3.05, 3.63) is 83.4 Å². The lowest BCUT2D eigenvalue weighted by Gasteiger charge is -2.06. The molecule has 0 spiro atoms. The van der Waals surface area contributed by atoms with Gasteiger partial charge in [0, 0.05) is 24.3 Å². The van der Waals surface area contributed by atoms with Crippen molar-refractivity contribution < 1.29 is 4.79 Å². The average molecular weight is 394 g/mol. The maximum absolute atomic E-state index is 12.3. The third kappa shape index (κ3) is 4.07. The molecule has 28 heavy (non-hydrogen) atoms. The minimum atomic E-state index is -0.124. The highest BCUT2D eigenvalue weighted by Crippen LogP contribution is 2.16. The molecule has 7 heteroatoms. The maximum atomic E-state index is 12.3. The van der Waals surface area contributed by atoms with E-state index in [9.17, 15) is 4.79 Å². The number of amides is 1. The molecule has 0 radical (unpaired) electrons. The number of nitrogens with one attached hydrogen (secondary N) is 1. The third-order valence-corrected chi connectivity index (χ3v) is 4.94. The average Bonchev–Trinajstić information content (AvgIpc) is 3.34. The van der Waals surface area contributed by atoms with E-state index in [-0.39, 0.29) is 5.91 Å². The summed E-state index contributed by atoms with van der Waals surface area (Å²) in [6.45, 7) is 1.91. The molecule has 2 aromatic heterocycles. The Morgan fingerprint density at radius 3 is 2.82 bits per heavy atom. The molecule has 4 rings (SSSR count). The molecule has 0 fully saturated rings. The second-order valence-corrected chi connectivity index (χ2v) is 6.96. The summed E-state index contributed by atoms with van der Waals surface area (Å²) in [5.41, 5.74) is 3.60. The highest BCUT2D eigenvalue weighted by molar-refractivity contribution is 6.31. The predicted molar refractivity (Wildman–Crippen MR) is 109 cm³/mol. The van der Waals surface area contributed by atoms with E-state index in [2.05, 4.69) is 20.0 Å². The molecule has 0 aliphatic heterocycles. The first-order valence-electron chi connectivity index (χ1n) is 9.14. The van der Waals surface area contributed by atoms with E-state index in [1.54, 1.807) is 17.1 Å². The van der Waals surface area contributed by atoms with Gasteiger partial charge in [0.2, 0.25) is 0 Å². The van der Waals surface area contributed by atoms with Crippen LogP contribution < -0.4 is 5.32 Å². The Morgan fingerprint density at radius 1 is 1.11 bits per heavy atom. The zero-order valence-corrected chi connectivity index (χ0v) is 16.0. The highest BCUT2D eigenvalue weighted by Gasteiger charge is 2.09. The predicted octanol–water partition coefficient (Wildman–Crippen LogP) is 3.75. The normalized spacial score (nSPS) is 11.0. The summed E-state index contributed by atoms with van der Waals surface area (Å²) in [7, 11) is 0. The van der Waals surface area contributed by atoms with Crippen LogP contribution in [-0.2, 0) is 13.1 Å². The number of aryl methyl sites for hydroxylation is 1. The first-order chi connectivity index (χ1) is 13.7. The second-order valence-electron chi connectivity index (χ2n) is 6.55. The summed E-state index contributed by atoms with van der Waals surface area (Å²) in [4.78, 5) is 16.7. The molecule has 142 valence electrons. The van der Waals surface area contributed by atoms with Crippen LogP contribution >= 0.6 is 11.6 Å². The van der Waals surface area contributed by atoms with E-state index < -0.39 is 0 Å². The number of benzene rings is 2. The van der Waals surface area contributed by atoms with Crippen LogP contribution in [0.15, 0.2) is 67.3 Å². The van der Waals surface area contributed by atoms with Gasteiger partial charge < -0.3 is 9.88 Å². The SMILES string of the molecule is O=C(NCCCn1cnc2ccccc21)c1cnn(Cc2ccccc2Cl)c1. The molecule has 4 aromatic rings. The van der Waals surface area contributed by atoms with E-state index in [4.69, 9.17) is 11.6 Å². The van der Waals surface area contributed by atoms with E-state index in [0.717, 1.165) is 29.6 Å². The molecular formula is C21H20ClN5O. The molecule has 1 N–H and O–H groups in total. The van der Waals surface area contributed by atoms with Crippen LogP contribution in [0.1, 0.15) is 22.3 Å². The molecule has 1 amide bonds. The molecule has 0 atom stereocenters. The van der Waals surface area contributed by atoms with Crippen molar-refractivity contribution in [2.24, 2.45) is 0 Å². The van der Waals surface area contributed by atoms with E-state index in [0.29, 0.717) is 23.7 Å². The summed E-state index contributed by atoms with van der Waals surface area (Å²) in [5.74, 6) is -0.124. The van der Waals surface area contributed by atoms with Crippen molar-refractivity contribution >= 4 is 28.5 Å². The molecule has 2 aromatic carbocycles. The number of hydrogen-bond donors (Lipinski definition) is 1. The smallest absolute Gasteiger partial charge is 0.254 e. The number of para-hydroxylation sites is 2. The fourth-order valence-corrected chi connectivity index (χ4v) is 3.31. The minimum absolute atomic E-state index is 0.124. The number of nitrogens with zero attached hydrogens (tertiary/aromatic N) is 4. The van der Waals surface area contributed by atoms with Crippen LogP contribution in [-0.4, -0.2) is 31.8 Å². The summed E-state index contributed by atoms with van der Waals surface area (Å²) in [5, 5.41) is 7.90. The Labute approximate surface area is 167 Å². The molecule has 6 nitrogen and oxygen atoms in total. The van der Waals surface area contributed by atoms with Crippen LogP contribution in [0.4, 0.5) is 0 Å². The van der Waals surface area contributed by atoms with Gasteiger partial charge in [-0.15, -0.1) is 0 Å². The van der Waals surface area contributed by atoms with Crippen LogP contribution in [0, 0.1) is 0 Å². The Morgan fingerprint density at radius 2 is 1.93 bits per heavy atom. The summed E-state index contributed by atoms with van der Waals surface area (Å²) >= 11 is 6.18. The fourth-order valence-electron chi connectivity index (χ4n) is 3.11. The topological polar surface area (TPSA) is 64.7 Å². The van der Waals surface area contributed by atoms with Gasteiger partial charge in [-0.3, -0.25) is 9.48 Å². The highest BCUT2D eigenvalue weighted by atomic mass is 35.5. The fraction of sp³-hybridized carbons (Fsp3) is 0.190. The van der Waals surface area contributed by atoms with Crippen molar-refractivity contribution in [2.75, 3.05) is 6.54 Å². The molecule has 0 bridgehead atoms. The maximum Gasteiger partial charge on any atom is 0.254 e. The Hall–Kier alpha value is -3.12. The van der Waals surface area contributed by atoms with Gasteiger partial charge in [0.05, 0.1) is 35.7 Å². The van der Waals surface area contributed by atoms with Gasteiger partial charge in [0.15, 0.2) is 0 Å². The molecule has 0 saturated carbocycles. The monoisotopic (exact) mass is 393 g/mol. The number of carbonyl (C=O) groups excluding carboxylic acids is 1. The second kappa shape index (κ2) is 8.27. The zero-order chi connectivity index (χ0) is 19.3. The van der Waals surface area contributed by atoms with Crippen LogP contribution in [0.3, 0.4) is 0 Å². The molecule has 2 heterocycles. The number of aromatic nitrogens is 4.